The lowest BCUT2D eigenvalue weighted by Gasteiger charge is -2.18. The van der Waals surface area contributed by atoms with Crippen molar-refractivity contribution in [1.29, 1.82) is 0 Å². The second-order valence-corrected chi connectivity index (χ2v) is 5.84. The molecule has 4 heteroatoms. The average molecular weight is 302 g/mol. The highest BCUT2D eigenvalue weighted by molar-refractivity contribution is 5.50. The molecule has 0 atom stereocenters. The van der Waals surface area contributed by atoms with Gasteiger partial charge in [0, 0.05) is 31.0 Å². The second-order valence-electron chi connectivity index (χ2n) is 5.84. The van der Waals surface area contributed by atoms with Crippen molar-refractivity contribution in [2.24, 2.45) is 0 Å². The number of aryl methyl sites for hydroxylation is 2. The molecule has 0 amide bonds. The molecule has 120 valence electrons. The molecule has 0 aliphatic carbocycles. The summed E-state index contributed by atoms with van der Waals surface area (Å²) in [5.41, 5.74) is 9.82. The van der Waals surface area contributed by atoms with Crippen molar-refractivity contribution in [2.45, 2.75) is 26.6 Å². The van der Waals surface area contributed by atoms with Gasteiger partial charge in [-0.1, -0.05) is 29.3 Å². The predicted octanol–water partition coefficient (Wildman–Crippen LogP) is 2.80. The third-order valence-corrected chi connectivity index (χ3v) is 3.27. The van der Waals surface area contributed by atoms with E-state index in [0.29, 0.717) is 11.3 Å². The van der Waals surface area contributed by atoms with Crippen LogP contribution in [0.5, 0.6) is 0 Å². The Balaban J connectivity index is 0.000000224. The Morgan fingerprint density at radius 1 is 0.909 bits per heavy atom. The van der Waals surface area contributed by atoms with Crippen LogP contribution in [0.15, 0.2) is 42.5 Å². The first-order valence-electron chi connectivity index (χ1n) is 7.16. The Kier molecular flexibility index (Phi) is 5.97. The van der Waals surface area contributed by atoms with E-state index in [2.05, 4.69) is 36.1 Å². The first-order valence-corrected chi connectivity index (χ1v) is 7.16. The van der Waals surface area contributed by atoms with Gasteiger partial charge in [0.2, 0.25) is 0 Å². The van der Waals surface area contributed by atoms with Crippen molar-refractivity contribution in [3.05, 3.63) is 59.2 Å². The van der Waals surface area contributed by atoms with Crippen molar-refractivity contribution in [3.8, 4) is 0 Å². The maximum Gasteiger partial charge on any atom is 0.188 e. The van der Waals surface area contributed by atoms with Crippen LogP contribution in [0.3, 0.4) is 0 Å². The van der Waals surface area contributed by atoms with Crippen LogP contribution in [0.2, 0.25) is 0 Å². The molecule has 0 unspecified atom stereocenters. The van der Waals surface area contributed by atoms with Gasteiger partial charge in [-0.25, -0.2) is 0 Å². The van der Waals surface area contributed by atoms with Crippen LogP contribution in [-0.2, 0) is 5.79 Å². The van der Waals surface area contributed by atoms with E-state index in [4.69, 9.17) is 5.73 Å². The molecule has 0 saturated carbocycles. The highest BCUT2D eigenvalue weighted by Gasteiger charge is 2.21. The number of anilines is 2. The summed E-state index contributed by atoms with van der Waals surface area (Å²) >= 11 is 0. The zero-order valence-corrected chi connectivity index (χ0v) is 14.0. The molecular weight excluding hydrogens is 276 g/mol. The van der Waals surface area contributed by atoms with Crippen LogP contribution in [-0.4, -0.2) is 24.3 Å². The van der Waals surface area contributed by atoms with Crippen LogP contribution in [0.1, 0.15) is 23.6 Å². The molecule has 0 spiro atoms. The summed E-state index contributed by atoms with van der Waals surface area (Å²) in [7, 11) is 4.09. The number of aliphatic hydroxyl groups is 2. The fourth-order valence-corrected chi connectivity index (χ4v) is 1.92. The topological polar surface area (TPSA) is 69.7 Å². The van der Waals surface area contributed by atoms with E-state index in [1.54, 1.807) is 12.1 Å². The van der Waals surface area contributed by atoms with E-state index in [0.717, 1.165) is 5.56 Å². The van der Waals surface area contributed by atoms with Gasteiger partial charge in [-0.2, -0.15) is 0 Å². The molecule has 0 bridgehead atoms. The number of hydrogen-bond acceptors (Lipinski definition) is 4. The average Bonchev–Trinajstić information content (AvgIpc) is 2.41. The maximum atomic E-state index is 9.27. The van der Waals surface area contributed by atoms with Crippen LogP contribution >= 0.6 is 0 Å². The van der Waals surface area contributed by atoms with Crippen LogP contribution in [0, 0.1) is 13.8 Å². The fourth-order valence-electron chi connectivity index (χ4n) is 1.92. The minimum Gasteiger partial charge on any atom is -0.398 e. The number of nitrogen functional groups attached to an aromatic ring is 1. The summed E-state index contributed by atoms with van der Waals surface area (Å²) in [4.78, 5) is 2.10. The summed E-state index contributed by atoms with van der Waals surface area (Å²) < 4.78 is 0. The normalized spacial score (nSPS) is 10.7. The highest BCUT2D eigenvalue weighted by atomic mass is 16.5. The summed E-state index contributed by atoms with van der Waals surface area (Å²) in [5.74, 6) is -1.85. The van der Waals surface area contributed by atoms with E-state index >= 15 is 0 Å². The van der Waals surface area contributed by atoms with Gasteiger partial charge < -0.3 is 20.8 Å². The monoisotopic (exact) mass is 302 g/mol. The maximum absolute atomic E-state index is 9.27. The molecule has 2 aromatic carbocycles. The summed E-state index contributed by atoms with van der Waals surface area (Å²) in [6.07, 6.45) is 0. The SMILES string of the molecule is Cc1ccc(N(C)C)cc1.Cc1ccc(N)c(C(C)(O)O)c1. The van der Waals surface area contributed by atoms with Crippen molar-refractivity contribution in [1.82, 2.24) is 0 Å². The van der Waals surface area contributed by atoms with Gasteiger partial charge in [0.15, 0.2) is 5.79 Å². The van der Waals surface area contributed by atoms with E-state index in [9.17, 15) is 10.2 Å². The molecule has 0 fully saturated rings. The summed E-state index contributed by atoms with van der Waals surface area (Å²) in [5, 5.41) is 18.5. The van der Waals surface area contributed by atoms with Crippen molar-refractivity contribution in [3.63, 3.8) is 0 Å². The minimum absolute atomic E-state index is 0.350. The Labute approximate surface area is 132 Å². The summed E-state index contributed by atoms with van der Waals surface area (Å²) in [6.45, 7) is 5.26. The minimum atomic E-state index is -1.85. The standard InChI is InChI=1S/C9H13NO2.C9H13N/c1-6-3-4-8(10)7(5-6)9(2,11)12;1-8-4-6-9(7-5-8)10(2)3/h3-5,11-12H,10H2,1-2H3;4-7H,1-3H3. The molecule has 0 aromatic heterocycles. The molecule has 0 aliphatic heterocycles. The highest BCUT2D eigenvalue weighted by Crippen LogP contribution is 2.24. The van der Waals surface area contributed by atoms with Gasteiger partial charge >= 0.3 is 0 Å². The van der Waals surface area contributed by atoms with Gasteiger partial charge in [-0.15, -0.1) is 0 Å². The first kappa shape index (κ1) is 18.0. The van der Waals surface area contributed by atoms with Gasteiger partial charge in [0.05, 0.1) is 0 Å². The molecule has 4 nitrogen and oxygen atoms in total. The number of rotatable bonds is 2. The lowest BCUT2D eigenvalue weighted by molar-refractivity contribution is -0.152. The zero-order valence-electron chi connectivity index (χ0n) is 14.0. The first-order chi connectivity index (χ1) is 10.1. The Morgan fingerprint density at radius 3 is 1.82 bits per heavy atom. The van der Waals surface area contributed by atoms with Crippen molar-refractivity contribution in [2.75, 3.05) is 24.7 Å². The van der Waals surface area contributed by atoms with Gasteiger partial charge in [0.25, 0.3) is 0 Å². The van der Waals surface area contributed by atoms with Gasteiger partial charge in [-0.05, 0) is 45.0 Å². The van der Waals surface area contributed by atoms with E-state index in [1.165, 1.54) is 18.2 Å². The molecule has 0 aliphatic rings. The Bertz CT molecular complexity index is 599. The van der Waals surface area contributed by atoms with E-state index < -0.39 is 5.79 Å². The smallest absolute Gasteiger partial charge is 0.188 e. The lowest BCUT2D eigenvalue weighted by atomic mass is 10.0. The molecule has 0 heterocycles. The number of hydrogen-bond donors (Lipinski definition) is 3. The number of benzene rings is 2. The Morgan fingerprint density at radius 2 is 1.41 bits per heavy atom. The lowest BCUT2D eigenvalue weighted by Crippen LogP contribution is -2.21. The van der Waals surface area contributed by atoms with Gasteiger partial charge in [0.1, 0.15) is 0 Å². The van der Waals surface area contributed by atoms with E-state index in [-0.39, 0.29) is 0 Å². The number of nitrogens with zero attached hydrogens (tertiary/aromatic N) is 1. The van der Waals surface area contributed by atoms with Gasteiger partial charge in [-0.3, -0.25) is 0 Å². The van der Waals surface area contributed by atoms with Crippen molar-refractivity contribution >= 4 is 11.4 Å². The van der Waals surface area contributed by atoms with Crippen molar-refractivity contribution < 1.29 is 10.2 Å². The quantitative estimate of drug-likeness (QED) is 0.589. The molecule has 0 radical (unpaired) electrons. The molecule has 22 heavy (non-hydrogen) atoms. The van der Waals surface area contributed by atoms with Crippen LogP contribution in [0.4, 0.5) is 11.4 Å². The van der Waals surface area contributed by atoms with E-state index in [1.807, 2.05) is 27.1 Å². The second kappa shape index (κ2) is 7.29. The third kappa shape index (κ3) is 5.39. The third-order valence-electron chi connectivity index (χ3n) is 3.27. The van der Waals surface area contributed by atoms with Crippen LogP contribution < -0.4 is 10.6 Å². The predicted molar refractivity (Wildman–Crippen MR) is 92.9 cm³/mol. The number of nitrogens with two attached hydrogens (primary N) is 1. The molecule has 4 N–H and O–H groups in total. The molecule has 0 saturated heterocycles. The molecule has 2 rings (SSSR count). The largest absolute Gasteiger partial charge is 0.398 e. The molecular formula is C18H26N2O2. The van der Waals surface area contributed by atoms with Crippen LogP contribution in [0.25, 0.3) is 0 Å². The molecule has 2 aromatic rings. The Hall–Kier alpha value is -2.04. The summed E-state index contributed by atoms with van der Waals surface area (Å²) in [6, 6.07) is 13.6. The zero-order chi connectivity index (χ0) is 16.9. The fraction of sp³-hybridized carbons (Fsp3) is 0.333.